The van der Waals surface area contributed by atoms with Crippen molar-refractivity contribution in [1.82, 2.24) is 0 Å². The number of esters is 3. The minimum absolute atomic E-state index is 0.0844. The van der Waals surface area contributed by atoms with Crippen LogP contribution in [0.2, 0.25) is 0 Å². The van der Waals surface area contributed by atoms with Gasteiger partial charge >= 0.3 is 17.9 Å². The number of aliphatic hydroxyl groups is 8. The molecule has 0 unspecified atom stereocenters. The summed E-state index contributed by atoms with van der Waals surface area (Å²) in [5, 5.41) is 80.3. The molecule has 19 heteroatoms. The van der Waals surface area contributed by atoms with Gasteiger partial charge in [-0.25, -0.2) is 9.59 Å². The molecule has 0 radical (unpaired) electrons. The highest BCUT2D eigenvalue weighted by molar-refractivity contribution is 5.90. The third kappa shape index (κ3) is 8.50. The Bertz CT molecular complexity index is 1510. The molecule has 1 aliphatic carbocycles. The smallest absolute Gasteiger partial charge is 0.337 e. The van der Waals surface area contributed by atoms with E-state index in [1.165, 1.54) is 25.1 Å². The van der Waals surface area contributed by atoms with Gasteiger partial charge in [0.25, 0.3) is 0 Å². The molecule has 8 N–H and O–H groups in total. The van der Waals surface area contributed by atoms with Gasteiger partial charge in [-0.15, -0.1) is 0 Å². The second-order valence-corrected chi connectivity index (χ2v) is 13.3. The lowest BCUT2D eigenvalue weighted by Gasteiger charge is -2.44. The van der Waals surface area contributed by atoms with Crippen molar-refractivity contribution < 1.29 is 93.1 Å². The number of aliphatic hydroxyl groups excluding tert-OH is 8. The Morgan fingerprint density at radius 1 is 0.849 bits per heavy atom. The van der Waals surface area contributed by atoms with Gasteiger partial charge in [0, 0.05) is 25.3 Å². The average Bonchev–Trinajstić information content (AvgIpc) is 3.41. The lowest BCUT2D eigenvalue weighted by atomic mass is 9.80. The molecule has 53 heavy (non-hydrogen) atoms. The van der Waals surface area contributed by atoms with Crippen molar-refractivity contribution in [3.63, 3.8) is 0 Å². The zero-order valence-electron chi connectivity index (χ0n) is 28.8. The SMILES string of the molecule is COC(=O)C1=CO[C@@H](O[C@@H]2O[C@H](CO)[C@@H](O)[C@H](O)[C@H]2O)[C@H]2[C@@H]1[C@H](OC(=O)/C=C\c1ccc(O[C@@H]3O[C@H](CO)[C@@H](O)[C@H](O)[C@H]3O)cc1)C[C@]2(C)OC(C)=O. The second-order valence-electron chi connectivity index (χ2n) is 13.3. The zero-order chi connectivity index (χ0) is 38.8. The minimum atomic E-state index is -1.81. The molecule has 294 valence electrons. The molecule has 1 aromatic rings. The molecule has 0 bridgehead atoms. The summed E-state index contributed by atoms with van der Waals surface area (Å²) >= 11 is 0. The number of hydrogen-bond donors (Lipinski definition) is 8. The predicted octanol–water partition coefficient (Wildman–Crippen LogP) is -3.02. The number of methoxy groups -OCH3 is 1. The number of rotatable bonds is 11. The molecule has 0 spiro atoms. The summed E-state index contributed by atoms with van der Waals surface area (Å²) in [6.45, 7) is 1.31. The first-order valence-corrected chi connectivity index (χ1v) is 16.7. The van der Waals surface area contributed by atoms with E-state index in [1.807, 2.05) is 0 Å². The van der Waals surface area contributed by atoms with Crippen molar-refractivity contribution in [2.45, 2.75) is 99.7 Å². The fourth-order valence-corrected chi connectivity index (χ4v) is 7.02. The maximum atomic E-state index is 13.2. The third-order valence-corrected chi connectivity index (χ3v) is 9.66. The maximum Gasteiger partial charge on any atom is 0.337 e. The topological polar surface area (TPSA) is 287 Å². The molecule has 15 atom stereocenters. The first kappa shape index (κ1) is 40.5. The molecular weight excluding hydrogens is 712 g/mol. The van der Waals surface area contributed by atoms with Gasteiger partial charge in [-0.05, 0) is 30.7 Å². The van der Waals surface area contributed by atoms with E-state index in [-0.39, 0.29) is 17.7 Å². The van der Waals surface area contributed by atoms with Crippen LogP contribution in [0.5, 0.6) is 5.75 Å². The van der Waals surface area contributed by atoms with Crippen molar-refractivity contribution in [1.29, 1.82) is 0 Å². The Kier molecular flexibility index (Phi) is 12.8. The van der Waals surface area contributed by atoms with E-state index < -0.39 is 122 Å². The number of ether oxygens (including phenoxy) is 8. The van der Waals surface area contributed by atoms with E-state index >= 15 is 0 Å². The van der Waals surface area contributed by atoms with E-state index in [0.29, 0.717) is 5.56 Å². The highest BCUT2D eigenvalue weighted by atomic mass is 16.8. The minimum Gasteiger partial charge on any atom is -0.471 e. The molecule has 0 aromatic heterocycles. The van der Waals surface area contributed by atoms with Gasteiger partial charge in [0.2, 0.25) is 12.6 Å². The third-order valence-electron chi connectivity index (χ3n) is 9.66. The van der Waals surface area contributed by atoms with Crippen LogP contribution in [0.1, 0.15) is 25.8 Å². The first-order chi connectivity index (χ1) is 25.1. The molecule has 3 fully saturated rings. The highest BCUT2D eigenvalue weighted by Gasteiger charge is 2.63. The van der Waals surface area contributed by atoms with Crippen molar-refractivity contribution in [2.75, 3.05) is 20.3 Å². The molecule has 19 nitrogen and oxygen atoms in total. The van der Waals surface area contributed by atoms with E-state index in [2.05, 4.69) is 0 Å². The van der Waals surface area contributed by atoms with E-state index in [9.17, 15) is 55.2 Å². The van der Waals surface area contributed by atoms with Crippen molar-refractivity contribution >= 4 is 24.0 Å². The lowest BCUT2D eigenvalue weighted by Crippen LogP contribution is -2.61. The molecule has 1 saturated carbocycles. The van der Waals surface area contributed by atoms with Crippen LogP contribution >= 0.6 is 0 Å². The molecule has 5 rings (SSSR count). The summed E-state index contributed by atoms with van der Waals surface area (Å²) in [4.78, 5) is 38.5. The number of fused-ring (bicyclic) bond motifs is 1. The second kappa shape index (κ2) is 16.7. The molecule has 0 amide bonds. The maximum absolute atomic E-state index is 13.2. The summed E-state index contributed by atoms with van der Waals surface area (Å²) in [5.41, 5.74) is -1.11. The Morgan fingerprint density at radius 2 is 1.43 bits per heavy atom. The van der Waals surface area contributed by atoms with Crippen molar-refractivity contribution in [3.8, 4) is 5.75 Å². The molecule has 1 aromatic carbocycles. The predicted molar refractivity (Wildman–Crippen MR) is 171 cm³/mol. The van der Waals surface area contributed by atoms with Crippen LogP contribution in [0.15, 0.2) is 42.2 Å². The number of hydrogen-bond acceptors (Lipinski definition) is 19. The van der Waals surface area contributed by atoms with Crippen LogP contribution in [0.25, 0.3) is 6.08 Å². The lowest BCUT2D eigenvalue weighted by molar-refractivity contribution is -0.346. The van der Waals surface area contributed by atoms with E-state index in [0.717, 1.165) is 26.4 Å². The summed E-state index contributed by atoms with van der Waals surface area (Å²) < 4.78 is 44.5. The molecular formula is C34H44O19. The van der Waals surface area contributed by atoms with Gasteiger partial charge in [-0.2, -0.15) is 0 Å². The molecule has 3 heterocycles. The number of carbonyl (C=O) groups excluding carboxylic acids is 3. The number of benzene rings is 1. The van der Waals surface area contributed by atoms with Crippen LogP contribution in [-0.2, 0) is 47.5 Å². The summed E-state index contributed by atoms with van der Waals surface area (Å²) in [6, 6.07) is 6.04. The zero-order valence-corrected chi connectivity index (χ0v) is 28.8. The summed E-state index contributed by atoms with van der Waals surface area (Å²) in [5.74, 6) is -4.40. The largest absolute Gasteiger partial charge is 0.471 e. The molecule has 2 saturated heterocycles. The van der Waals surface area contributed by atoms with Crippen LogP contribution in [0.3, 0.4) is 0 Å². The van der Waals surface area contributed by atoms with Crippen molar-refractivity contribution in [2.24, 2.45) is 11.8 Å². The quantitative estimate of drug-likeness (QED) is 0.0633. The van der Waals surface area contributed by atoms with Crippen LogP contribution < -0.4 is 4.74 Å². The van der Waals surface area contributed by atoms with Gasteiger partial charge < -0.3 is 78.7 Å². The normalized spacial score (nSPS) is 39.7. The fraction of sp³-hybridized carbons (Fsp3) is 0.618. The van der Waals surface area contributed by atoms with E-state index in [4.69, 9.17) is 37.9 Å². The van der Waals surface area contributed by atoms with Crippen LogP contribution in [0, 0.1) is 11.8 Å². The fourth-order valence-electron chi connectivity index (χ4n) is 7.02. The molecule has 3 aliphatic heterocycles. The van der Waals surface area contributed by atoms with Gasteiger partial charge in [0.05, 0.1) is 38.1 Å². The van der Waals surface area contributed by atoms with Crippen LogP contribution in [0.4, 0.5) is 0 Å². The van der Waals surface area contributed by atoms with Gasteiger partial charge in [0.15, 0.2) is 6.29 Å². The van der Waals surface area contributed by atoms with Crippen molar-refractivity contribution in [3.05, 3.63) is 47.7 Å². The average molecular weight is 757 g/mol. The Morgan fingerprint density at radius 3 is 2.00 bits per heavy atom. The Hall–Kier alpha value is -3.73. The van der Waals surface area contributed by atoms with Gasteiger partial charge in [0.1, 0.15) is 66.3 Å². The summed E-state index contributed by atoms with van der Waals surface area (Å²) in [7, 11) is 1.12. The van der Waals surface area contributed by atoms with E-state index in [1.54, 1.807) is 12.1 Å². The Balaban J connectivity index is 1.32. The van der Waals surface area contributed by atoms with Crippen LogP contribution in [-0.4, -0.2) is 158 Å². The van der Waals surface area contributed by atoms with Gasteiger partial charge in [-0.3, -0.25) is 4.79 Å². The summed E-state index contributed by atoms with van der Waals surface area (Å²) in [6.07, 6.45) is -14.8. The first-order valence-electron chi connectivity index (χ1n) is 16.7. The highest BCUT2D eigenvalue weighted by Crippen LogP contribution is 2.52. The Labute approximate surface area is 302 Å². The van der Waals surface area contributed by atoms with Gasteiger partial charge in [-0.1, -0.05) is 12.1 Å². The monoisotopic (exact) mass is 756 g/mol. The standard InChI is InChI=1S/C34H44O19/c1-14(37)53-34(2)10-18(22-17(30(45)46-3)13-47-31(23(22)34)52-33-29(44)27(42)25(40)20(12-36)51-33)49-21(38)9-6-15-4-7-16(8-5-15)48-32-28(43)26(41)24(39)19(11-35)50-32/h4-9,13,18-20,22-29,31-33,35-36,39-44H,10-12H2,1-3H3/b9-6-/t18-,19-,20-,22+,23-,24-,25-,26+,27+,28-,29-,31+,32-,33+,34+/m1/s1. The molecule has 4 aliphatic rings. The number of carbonyl (C=O) groups is 3.